The summed E-state index contributed by atoms with van der Waals surface area (Å²) in [5.41, 5.74) is 4.22. The van der Waals surface area contributed by atoms with Crippen LogP contribution in [-0.4, -0.2) is 48.3 Å². The second-order valence-corrected chi connectivity index (χ2v) is 15.8. The van der Waals surface area contributed by atoms with E-state index in [1.807, 2.05) is 72.8 Å². The molecule has 4 aromatic carbocycles. The number of benzene rings is 4. The molecule has 1 aliphatic rings. The minimum absolute atomic E-state index is 0.275. The lowest BCUT2D eigenvalue weighted by atomic mass is 9.94. The summed E-state index contributed by atoms with van der Waals surface area (Å²) in [6.07, 6.45) is 16.5. The molecule has 0 radical (unpaired) electrons. The summed E-state index contributed by atoms with van der Waals surface area (Å²) in [5.74, 6) is 6.55. The molecule has 0 spiro atoms. The Hall–Kier alpha value is -4.06. The van der Waals surface area contributed by atoms with E-state index in [0.717, 1.165) is 41.5 Å². The van der Waals surface area contributed by atoms with E-state index in [2.05, 4.69) is 67.3 Å². The molecule has 6 nitrogen and oxygen atoms in total. The van der Waals surface area contributed by atoms with Crippen LogP contribution >= 0.6 is 0 Å². The maximum Gasteiger partial charge on any atom is 0.147 e. The van der Waals surface area contributed by atoms with Crippen molar-refractivity contribution in [1.29, 1.82) is 0 Å². The van der Waals surface area contributed by atoms with Crippen molar-refractivity contribution in [3.05, 3.63) is 156 Å². The Bertz CT molecular complexity index is 1720. The van der Waals surface area contributed by atoms with Gasteiger partial charge >= 0.3 is 0 Å². The molecule has 1 saturated heterocycles. The molecule has 6 atom stereocenters. The zero-order chi connectivity index (χ0) is 41.0. The SMILES string of the molecule is CCCCCCCCCCCCCC[C@@H](O)/C=C/C#C[C@H]1O[C@H](COCc2ccccc2)[C@H](OCc2ccccc2)[C@H](OCc2ccccc2)[C@H]1OCc1ccccc1. The Morgan fingerprint density at radius 2 is 0.966 bits per heavy atom. The smallest absolute Gasteiger partial charge is 0.147 e. The van der Waals surface area contributed by atoms with E-state index in [4.69, 9.17) is 23.7 Å². The molecule has 0 aromatic heterocycles. The highest BCUT2D eigenvalue weighted by molar-refractivity contribution is 5.23. The zero-order valence-corrected chi connectivity index (χ0v) is 35.4. The van der Waals surface area contributed by atoms with E-state index in [0.29, 0.717) is 26.4 Å². The quantitative estimate of drug-likeness (QED) is 0.0479. The molecule has 1 N–H and O–H groups in total. The monoisotopic (exact) mass is 801 g/mol. The normalized spacial score (nSPS) is 19.7. The van der Waals surface area contributed by atoms with Crippen LogP contribution in [0.25, 0.3) is 0 Å². The number of hydrogen-bond acceptors (Lipinski definition) is 6. The van der Waals surface area contributed by atoms with Gasteiger partial charge in [-0.15, -0.1) is 0 Å². The Balaban J connectivity index is 1.27. The number of aliphatic hydroxyl groups is 1. The number of rotatable bonds is 27. The first-order valence-corrected chi connectivity index (χ1v) is 22.3. The minimum Gasteiger partial charge on any atom is -0.389 e. The molecule has 0 saturated carbocycles. The zero-order valence-electron chi connectivity index (χ0n) is 35.4. The molecular formula is C53H68O6. The summed E-state index contributed by atoms with van der Waals surface area (Å²) >= 11 is 0. The van der Waals surface area contributed by atoms with Gasteiger partial charge < -0.3 is 28.8 Å². The number of unbranched alkanes of at least 4 members (excludes halogenated alkanes) is 11. The third-order valence-electron chi connectivity index (χ3n) is 10.9. The summed E-state index contributed by atoms with van der Waals surface area (Å²) < 4.78 is 33.5. The predicted octanol–water partition coefficient (Wildman–Crippen LogP) is 11.7. The predicted molar refractivity (Wildman–Crippen MR) is 238 cm³/mol. The second kappa shape index (κ2) is 28.4. The molecular weight excluding hydrogens is 733 g/mol. The van der Waals surface area contributed by atoms with Gasteiger partial charge in [-0.1, -0.05) is 217 Å². The van der Waals surface area contributed by atoms with E-state index < -0.39 is 36.6 Å². The average molecular weight is 801 g/mol. The molecule has 1 fully saturated rings. The van der Waals surface area contributed by atoms with E-state index in [9.17, 15) is 5.11 Å². The third-order valence-corrected chi connectivity index (χ3v) is 10.9. The molecule has 1 aliphatic heterocycles. The topological polar surface area (TPSA) is 66.4 Å². The minimum atomic E-state index is -0.653. The lowest BCUT2D eigenvalue weighted by molar-refractivity contribution is -0.261. The fourth-order valence-corrected chi connectivity index (χ4v) is 7.49. The maximum atomic E-state index is 10.8. The number of hydrogen-bond donors (Lipinski definition) is 1. The highest BCUT2D eigenvalue weighted by Gasteiger charge is 2.48. The van der Waals surface area contributed by atoms with Gasteiger partial charge in [-0.3, -0.25) is 0 Å². The number of allylic oxidation sites excluding steroid dienone is 1. The fourth-order valence-electron chi connectivity index (χ4n) is 7.49. The fraction of sp³-hybridized carbons (Fsp3) is 0.472. The van der Waals surface area contributed by atoms with Crippen LogP contribution in [0.1, 0.15) is 113 Å². The van der Waals surface area contributed by atoms with Gasteiger partial charge in [-0.25, -0.2) is 0 Å². The molecule has 316 valence electrons. The van der Waals surface area contributed by atoms with E-state index in [-0.39, 0.29) is 6.61 Å². The lowest BCUT2D eigenvalue weighted by Crippen LogP contribution is -2.60. The summed E-state index contributed by atoms with van der Waals surface area (Å²) in [6.45, 7) is 4.07. The molecule has 4 aromatic rings. The largest absolute Gasteiger partial charge is 0.389 e. The van der Waals surface area contributed by atoms with Crippen LogP contribution in [0.2, 0.25) is 0 Å². The van der Waals surface area contributed by atoms with Crippen molar-refractivity contribution in [2.75, 3.05) is 6.61 Å². The molecule has 0 bridgehead atoms. The summed E-state index contributed by atoms with van der Waals surface area (Å²) in [7, 11) is 0. The van der Waals surface area contributed by atoms with Gasteiger partial charge in [0, 0.05) is 0 Å². The van der Waals surface area contributed by atoms with Crippen molar-refractivity contribution in [2.45, 2.75) is 153 Å². The van der Waals surface area contributed by atoms with Gasteiger partial charge in [-0.05, 0) is 40.8 Å². The van der Waals surface area contributed by atoms with Crippen LogP contribution in [0.4, 0.5) is 0 Å². The van der Waals surface area contributed by atoms with Crippen LogP contribution in [-0.2, 0) is 50.1 Å². The van der Waals surface area contributed by atoms with Crippen LogP contribution in [0.15, 0.2) is 133 Å². The van der Waals surface area contributed by atoms with Crippen LogP contribution < -0.4 is 0 Å². The first-order chi connectivity index (χ1) is 29.2. The summed E-state index contributed by atoms with van der Waals surface area (Å²) in [4.78, 5) is 0. The maximum absolute atomic E-state index is 10.8. The summed E-state index contributed by atoms with van der Waals surface area (Å²) in [6, 6.07) is 40.6. The van der Waals surface area contributed by atoms with Gasteiger partial charge in [0.15, 0.2) is 0 Å². The number of aliphatic hydroxyl groups excluding tert-OH is 1. The van der Waals surface area contributed by atoms with Crippen molar-refractivity contribution < 1.29 is 28.8 Å². The molecule has 0 aliphatic carbocycles. The Kier molecular flexibility index (Phi) is 22.2. The van der Waals surface area contributed by atoms with Gasteiger partial charge in [0.2, 0.25) is 0 Å². The van der Waals surface area contributed by atoms with E-state index in [1.54, 1.807) is 12.2 Å². The first kappa shape index (κ1) is 46.0. The molecule has 6 heteroatoms. The van der Waals surface area contributed by atoms with Crippen molar-refractivity contribution >= 4 is 0 Å². The molecule has 1 heterocycles. The van der Waals surface area contributed by atoms with Crippen LogP contribution in [0, 0.1) is 11.8 Å². The highest BCUT2D eigenvalue weighted by Crippen LogP contribution is 2.31. The van der Waals surface area contributed by atoms with Crippen LogP contribution in [0.3, 0.4) is 0 Å². The van der Waals surface area contributed by atoms with E-state index >= 15 is 0 Å². The van der Waals surface area contributed by atoms with Gasteiger partial charge in [0.05, 0.1) is 39.1 Å². The Morgan fingerprint density at radius 1 is 0.542 bits per heavy atom. The lowest BCUT2D eigenvalue weighted by Gasteiger charge is -2.44. The Labute approximate surface area is 355 Å². The van der Waals surface area contributed by atoms with Crippen molar-refractivity contribution in [3.63, 3.8) is 0 Å². The van der Waals surface area contributed by atoms with Crippen molar-refractivity contribution in [1.82, 2.24) is 0 Å². The molecule has 0 unspecified atom stereocenters. The Morgan fingerprint density at radius 3 is 1.46 bits per heavy atom. The van der Waals surface area contributed by atoms with E-state index in [1.165, 1.54) is 64.2 Å². The molecule has 59 heavy (non-hydrogen) atoms. The average Bonchev–Trinajstić information content (AvgIpc) is 3.28. The van der Waals surface area contributed by atoms with Crippen LogP contribution in [0.5, 0.6) is 0 Å². The summed E-state index contributed by atoms with van der Waals surface area (Å²) in [5, 5.41) is 10.8. The second-order valence-electron chi connectivity index (χ2n) is 15.8. The number of ether oxygens (including phenoxy) is 5. The third kappa shape index (κ3) is 18.0. The standard InChI is InChI=1S/C53H68O6/c1-2-3-4-5-6-7-8-9-10-11-12-25-36-48(54)37-26-27-38-49-51(56-40-45-30-19-14-20-31-45)53(58-42-47-34-23-16-24-35-47)52(57-41-46-32-21-15-22-33-46)50(59-49)43-55-39-44-28-17-13-18-29-44/h13-24,26,28-35,37,48-54H,2-12,25,36,39-43H2,1H3/b37-26+/t48-,49-,50-,51+,52+,53-/m1/s1. The van der Waals surface area contributed by atoms with Crippen molar-refractivity contribution in [3.8, 4) is 11.8 Å². The van der Waals surface area contributed by atoms with Gasteiger partial charge in [0.25, 0.3) is 0 Å². The van der Waals surface area contributed by atoms with Crippen molar-refractivity contribution in [2.24, 2.45) is 0 Å². The highest BCUT2D eigenvalue weighted by atomic mass is 16.6. The van der Waals surface area contributed by atoms with Gasteiger partial charge in [0.1, 0.15) is 30.5 Å². The first-order valence-electron chi connectivity index (χ1n) is 22.3. The molecule has 0 amide bonds. The van der Waals surface area contributed by atoms with Gasteiger partial charge in [-0.2, -0.15) is 0 Å². The molecule has 5 rings (SSSR count).